The van der Waals surface area contributed by atoms with Crippen molar-refractivity contribution in [3.05, 3.63) is 0 Å². The van der Waals surface area contributed by atoms with E-state index in [2.05, 4.69) is 5.32 Å². The molecule has 2 aliphatic rings. The molecule has 88 valence electrons. The first-order valence-corrected chi connectivity index (χ1v) is 5.97. The van der Waals surface area contributed by atoms with Gasteiger partial charge < -0.3 is 5.32 Å². The number of nitrogens with zero attached hydrogens (tertiary/aromatic N) is 1. The van der Waals surface area contributed by atoms with Crippen molar-refractivity contribution in [3.8, 4) is 0 Å². The summed E-state index contributed by atoms with van der Waals surface area (Å²) >= 11 is 0. The van der Waals surface area contributed by atoms with Gasteiger partial charge in [0.15, 0.2) is 0 Å². The summed E-state index contributed by atoms with van der Waals surface area (Å²) in [5.74, 6) is -1.67. The molecule has 0 spiro atoms. The van der Waals surface area contributed by atoms with Crippen LogP contribution in [0, 0.1) is 5.92 Å². The number of hydrogen-bond acceptors (Lipinski definition) is 2. The van der Waals surface area contributed by atoms with Crippen molar-refractivity contribution >= 4 is 0 Å². The molecule has 0 bridgehead atoms. The summed E-state index contributed by atoms with van der Waals surface area (Å²) in [6, 6.07) is 0. The molecule has 2 saturated heterocycles. The minimum Gasteiger partial charge on any atom is -0.317 e. The molecule has 2 fully saturated rings. The number of alkyl halides is 2. The first kappa shape index (κ1) is 11.3. The fourth-order valence-corrected chi connectivity index (χ4v) is 2.53. The highest BCUT2D eigenvalue weighted by atomic mass is 19.3. The zero-order valence-corrected chi connectivity index (χ0v) is 9.14. The molecule has 2 nitrogen and oxygen atoms in total. The smallest absolute Gasteiger partial charge is 0.261 e. The first-order valence-electron chi connectivity index (χ1n) is 5.97. The second-order valence-corrected chi connectivity index (χ2v) is 4.86. The Kier molecular flexibility index (Phi) is 3.57. The zero-order chi connectivity index (χ0) is 10.7. The zero-order valence-electron chi connectivity index (χ0n) is 9.14. The average molecular weight is 218 g/mol. The van der Waals surface area contributed by atoms with Crippen molar-refractivity contribution in [3.63, 3.8) is 0 Å². The van der Waals surface area contributed by atoms with E-state index in [-0.39, 0.29) is 13.0 Å². The molecule has 0 unspecified atom stereocenters. The Hall–Kier alpha value is -0.220. The maximum Gasteiger partial charge on any atom is 0.261 e. The maximum absolute atomic E-state index is 12.9. The Balaban J connectivity index is 1.65. The Bertz CT molecular complexity index is 203. The van der Waals surface area contributed by atoms with Crippen LogP contribution in [0.4, 0.5) is 8.78 Å². The number of rotatable bonds is 3. The Morgan fingerprint density at radius 2 is 2.00 bits per heavy atom. The van der Waals surface area contributed by atoms with Crippen molar-refractivity contribution in [1.29, 1.82) is 0 Å². The molecule has 4 heteroatoms. The van der Waals surface area contributed by atoms with Gasteiger partial charge in [-0.3, -0.25) is 4.90 Å². The first-order chi connectivity index (χ1) is 7.16. The van der Waals surface area contributed by atoms with Crippen LogP contribution in [0.2, 0.25) is 0 Å². The summed E-state index contributed by atoms with van der Waals surface area (Å²) < 4.78 is 25.8. The highest BCUT2D eigenvalue weighted by molar-refractivity contribution is 4.82. The molecule has 0 aromatic rings. The summed E-state index contributed by atoms with van der Waals surface area (Å²) in [5, 5.41) is 3.32. The van der Waals surface area contributed by atoms with Gasteiger partial charge >= 0.3 is 0 Å². The van der Waals surface area contributed by atoms with Gasteiger partial charge in [-0.25, -0.2) is 8.78 Å². The van der Waals surface area contributed by atoms with Gasteiger partial charge in [0.1, 0.15) is 0 Å². The van der Waals surface area contributed by atoms with E-state index in [0.29, 0.717) is 6.54 Å². The second kappa shape index (κ2) is 4.74. The summed E-state index contributed by atoms with van der Waals surface area (Å²) in [7, 11) is 0. The molecule has 2 heterocycles. The van der Waals surface area contributed by atoms with Crippen molar-refractivity contribution in [2.24, 2.45) is 5.92 Å². The SMILES string of the molecule is FC1(F)CCN(CCC2CCNCC2)C1. The van der Waals surface area contributed by atoms with Crippen LogP contribution >= 0.6 is 0 Å². The molecule has 0 amide bonds. The average Bonchev–Trinajstić information content (AvgIpc) is 2.57. The minimum atomic E-state index is -2.42. The molecule has 0 aromatic carbocycles. The Morgan fingerprint density at radius 1 is 1.27 bits per heavy atom. The normalized spacial score (nSPS) is 28.4. The summed E-state index contributed by atoms with van der Waals surface area (Å²) in [5.41, 5.74) is 0. The molecule has 1 N–H and O–H groups in total. The molecule has 0 atom stereocenters. The van der Waals surface area contributed by atoms with E-state index in [0.717, 1.165) is 32.0 Å². The van der Waals surface area contributed by atoms with Gasteiger partial charge in [0, 0.05) is 13.0 Å². The van der Waals surface area contributed by atoms with Crippen LogP contribution in [0.5, 0.6) is 0 Å². The summed E-state index contributed by atoms with van der Waals surface area (Å²) in [6.07, 6.45) is 3.57. The molecule has 2 rings (SSSR count). The van der Waals surface area contributed by atoms with Gasteiger partial charge in [-0.2, -0.15) is 0 Å². The molecule has 15 heavy (non-hydrogen) atoms. The van der Waals surface area contributed by atoms with Crippen molar-refractivity contribution < 1.29 is 8.78 Å². The second-order valence-electron chi connectivity index (χ2n) is 4.86. The fraction of sp³-hybridized carbons (Fsp3) is 1.00. The highest BCUT2D eigenvalue weighted by Gasteiger charge is 2.37. The van der Waals surface area contributed by atoms with Gasteiger partial charge in [-0.15, -0.1) is 0 Å². The predicted molar refractivity (Wildman–Crippen MR) is 56.2 cm³/mol. The number of nitrogens with one attached hydrogen (secondary N) is 1. The quantitative estimate of drug-likeness (QED) is 0.776. The van der Waals surface area contributed by atoms with E-state index in [1.807, 2.05) is 4.90 Å². The minimum absolute atomic E-state index is 0.0159. The summed E-state index contributed by atoms with van der Waals surface area (Å²) in [6.45, 7) is 3.62. The van der Waals surface area contributed by atoms with E-state index in [9.17, 15) is 8.78 Å². The lowest BCUT2D eigenvalue weighted by atomic mass is 9.94. The van der Waals surface area contributed by atoms with Crippen molar-refractivity contribution in [1.82, 2.24) is 10.2 Å². The third kappa shape index (κ3) is 3.38. The van der Waals surface area contributed by atoms with E-state index in [1.54, 1.807) is 0 Å². The molecule has 2 aliphatic heterocycles. The monoisotopic (exact) mass is 218 g/mol. The van der Waals surface area contributed by atoms with E-state index in [1.165, 1.54) is 12.8 Å². The topological polar surface area (TPSA) is 15.3 Å². The molecule has 0 saturated carbocycles. The van der Waals surface area contributed by atoms with Gasteiger partial charge in [-0.05, 0) is 44.8 Å². The van der Waals surface area contributed by atoms with Crippen LogP contribution in [-0.4, -0.2) is 43.5 Å². The number of hydrogen-bond donors (Lipinski definition) is 1. The van der Waals surface area contributed by atoms with Crippen LogP contribution in [0.25, 0.3) is 0 Å². The number of piperidine rings is 1. The lowest BCUT2D eigenvalue weighted by Gasteiger charge is -2.24. The molecule has 0 radical (unpaired) electrons. The molecule has 0 aromatic heterocycles. The summed E-state index contributed by atoms with van der Waals surface area (Å²) in [4.78, 5) is 1.92. The van der Waals surface area contributed by atoms with Crippen LogP contribution in [0.1, 0.15) is 25.7 Å². The largest absolute Gasteiger partial charge is 0.317 e. The van der Waals surface area contributed by atoms with Crippen LogP contribution in [0.3, 0.4) is 0 Å². The van der Waals surface area contributed by atoms with Crippen molar-refractivity contribution in [2.45, 2.75) is 31.6 Å². The third-order valence-electron chi connectivity index (χ3n) is 3.56. The van der Waals surface area contributed by atoms with E-state index >= 15 is 0 Å². The van der Waals surface area contributed by atoms with Crippen LogP contribution < -0.4 is 5.32 Å². The van der Waals surface area contributed by atoms with Crippen molar-refractivity contribution in [2.75, 3.05) is 32.7 Å². The lowest BCUT2D eigenvalue weighted by Crippen LogP contribution is -2.31. The van der Waals surface area contributed by atoms with Gasteiger partial charge in [0.2, 0.25) is 0 Å². The Labute approximate surface area is 90.0 Å². The van der Waals surface area contributed by atoms with Gasteiger partial charge in [0.25, 0.3) is 5.92 Å². The number of likely N-dealkylation sites (tertiary alicyclic amines) is 1. The van der Waals surface area contributed by atoms with Crippen LogP contribution in [0.15, 0.2) is 0 Å². The van der Waals surface area contributed by atoms with Gasteiger partial charge in [0.05, 0.1) is 6.54 Å². The lowest BCUT2D eigenvalue weighted by molar-refractivity contribution is 0.0117. The van der Waals surface area contributed by atoms with Crippen LogP contribution in [-0.2, 0) is 0 Å². The highest BCUT2D eigenvalue weighted by Crippen LogP contribution is 2.27. The Morgan fingerprint density at radius 3 is 2.60 bits per heavy atom. The maximum atomic E-state index is 12.9. The van der Waals surface area contributed by atoms with E-state index in [4.69, 9.17) is 0 Å². The fourth-order valence-electron chi connectivity index (χ4n) is 2.53. The third-order valence-corrected chi connectivity index (χ3v) is 3.56. The van der Waals surface area contributed by atoms with E-state index < -0.39 is 5.92 Å². The molecule has 0 aliphatic carbocycles. The molecular formula is C11H20F2N2. The molecular weight excluding hydrogens is 198 g/mol. The number of halogens is 2. The standard InChI is InChI=1S/C11H20F2N2/c12-11(13)4-8-15(9-11)7-3-10-1-5-14-6-2-10/h10,14H,1-9H2. The van der Waals surface area contributed by atoms with Gasteiger partial charge in [-0.1, -0.05) is 0 Å². The predicted octanol–water partition coefficient (Wildman–Crippen LogP) is 1.72.